The smallest absolute Gasteiger partial charge is 0.265 e. The van der Waals surface area contributed by atoms with E-state index in [0.717, 1.165) is 19.1 Å². The molecule has 2 aliphatic rings. The topological polar surface area (TPSA) is 66.9 Å². The number of anilines is 1. The van der Waals surface area contributed by atoms with Crippen molar-refractivity contribution in [3.8, 4) is 5.75 Å². The number of piperidine rings is 1. The first-order valence-electron chi connectivity index (χ1n) is 7.88. The quantitative estimate of drug-likeness (QED) is 0.819. The molecule has 0 aliphatic carbocycles. The maximum atomic E-state index is 12.7. The molecule has 1 amide bonds. The average molecular weight is 338 g/mol. The van der Waals surface area contributed by atoms with E-state index < -0.39 is 16.1 Å². The van der Waals surface area contributed by atoms with Crippen LogP contribution in [-0.4, -0.2) is 51.2 Å². The third-order valence-electron chi connectivity index (χ3n) is 4.51. The fourth-order valence-corrected chi connectivity index (χ4v) is 3.99. The van der Waals surface area contributed by atoms with Crippen LogP contribution in [0.15, 0.2) is 24.3 Å². The Kier molecular flexibility index (Phi) is 4.23. The summed E-state index contributed by atoms with van der Waals surface area (Å²) in [6.07, 6.45) is 2.32. The van der Waals surface area contributed by atoms with Crippen LogP contribution < -0.4 is 9.04 Å². The van der Waals surface area contributed by atoms with Gasteiger partial charge in [-0.05, 0) is 30.9 Å². The Morgan fingerprint density at radius 2 is 1.87 bits per heavy atom. The Balaban J connectivity index is 1.84. The molecule has 1 aromatic carbocycles. The maximum Gasteiger partial charge on any atom is 0.265 e. The van der Waals surface area contributed by atoms with Crippen molar-refractivity contribution in [2.75, 3.05) is 30.2 Å². The van der Waals surface area contributed by atoms with Gasteiger partial charge in [-0.1, -0.05) is 19.1 Å². The summed E-state index contributed by atoms with van der Waals surface area (Å²) in [6.45, 7) is 3.63. The van der Waals surface area contributed by atoms with Gasteiger partial charge in [0.05, 0.1) is 18.5 Å². The van der Waals surface area contributed by atoms with Gasteiger partial charge in [0.15, 0.2) is 6.10 Å². The fraction of sp³-hybridized carbons (Fsp3) is 0.562. The first-order chi connectivity index (χ1) is 10.9. The number of fused-ring (bicyclic) bond motifs is 1. The van der Waals surface area contributed by atoms with Crippen LogP contribution in [0.3, 0.4) is 0 Å². The van der Waals surface area contributed by atoms with E-state index >= 15 is 0 Å². The van der Waals surface area contributed by atoms with Crippen LogP contribution in [-0.2, 0) is 14.8 Å². The Labute approximate surface area is 137 Å². The van der Waals surface area contributed by atoms with Gasteiger partial charge in [-0.2, -0.15) is 0 Å². The van der Waals surface area contributed by atoms with Crippen LogP contribution in [0.5, 0.6) is 5.75 Å². The van der Waals surface area contributed by atoms with Crippen LogP contribution in [0.4, 0.5) is 5.69 Å². The highest BCUT2D eigenvalue weighted by molar-refractivity contribution is 7.92. The number of likely N-dealkylation sites (tertiary alicyclic amines) is 1. The number of sulfonamides is 1. The minimum absolute atomic E-state index is 0.0285. The molecule has 0 aromatic heterocycles. The number of para-hydroxylation sites is 2. The van der Waals surface area contributed by atoms with Gasteiger partial charge in [0, 0.05) is 13.1 Å². The molecule has 0 bridgehead atoms. The normalized spacial score (nSPS) is 22.4. The van der Waals surface area contributed by atoms with E-state index in [1.165, 1.54) is 4.31 Å². The van der Waals surface area contributed by atoms with Crippen LogP contribution in [0.1, 0.15) is 19.8 Å². The van der Waals surface area contributed by atoms with Gasteiger partial charge in [0.2, 0.25) is 10.0 Å². The fourth-order valence-electron chi connectivity index (χ4n) is 3.08. The SMILES string of the molecule is CC1CCN(C(=O)C2CN(S(C)(=O)=O)c3ccccc3O2)CC1. The predicted molar refractivity (Wildman–Crippen MR) is 88.0 cm³/mol. The second-order valence-corrected chi connectivity index (χ2v) is 8.28. The van der Waals surface area contributed by atoms with Crippen molar-refractivity contribution in [3.63, 3.8) is 0 Å². The number of hydrogen-bond acceptors (Lipinski definition) is 4. The number of hydrogen-bond donors (Lipinski definition) is 0. The van der Waals surface area contributed by atoms with E-state index in [0.29, 0.717) is 30.4 Å². The van der Waals surface area contributed by atoms with Crippen molar-refractivity contribution in [2.45, 2.75) is 25.9 Å². The number of rotatable bonds is 2. The Morgan fingerprint density at radius 3 is 2.52 bits per heavy atom. The molecule has 1 unspecified atom stereocenters. The van der Waals surface area contributed by atoms with Gasteiger partial charge in [-0.25, -0.2) is 8.42 Å². The van der Waals surface area contributed by atoms with E-state index in [1.54, 1.807) is 29.2 Å². The third kappa shape index (κ3) is 3.29. The molecule has 0 spiro atoms. The molecule has 6 nitrogen and oxygen atoms in total. The highest BCUT2D eigenvalue weighted by Crippen LogP contribution is 2.35. The molecule has 126 valence electrons. The van der Waals surface area contributed by atoms with E-state index in [2.05, 4.69) is 6.92 Å². The minimum Gasteiger partial charge on any atom is -0.476 e. The summed E-state index contributed by atoms with van der Waals surface area (Å²) in [5, 5.41) is 0. The van der Waals surface area contributed by atoms with Crippen LogP contribution in [0.25, 0.3) is 0 Å². The standard InChI is InChI=1S/C16H22N2O4S/c1-12-7-9-17(10-8-12)16(19)15-11-18(23(2,20)21)13-5-3-4-6-14(13)22-15/h3-6,12,15H,7-11H2,1-2H3. The summed E-state index contributed by atoms with van der Waals surface area (Å²) in [5.41, 5.74) is 0.492. The molecule has 23 heavy (non-hydrogen) atoms. The number of nitrogens with zero attached hydrogens (tertiary/aromatic N) is 2. The summed E-state index contributed by atoms with van der Waals surface area (Å²) in [6, 6.07) is 6.92. The van der Waals surface area contributed by atoms with Crippen LogP contribution in [0.2, 0.25) is 0 Å². The van der Waals surface area contributed by atoms with E-state index in [-0.39, 0.29) is 12.5 Å². The molecule has 1 fully saturated rings. The van der Waals surface area contributed by atoms with E-state index in [9.17, 15) is 13.2 Å². The summed E-state index contributed by atoms with van der Waals surface area (Å²) in [7, 11) is -3.46. The van der Waals surface area contributed by atoms with Crippen LogP contribution in [0, 0.1) is 5.92 Å². The molecule has 1 aromatic rings. The van der Waals surface area contributed by atoms with Crippen molar-refractivity contribution < 1.29 is 17.9 Å². The number of carbonyl (C=O) groups is 1. The molecule has 2 heterocycles. The van der Waals surface area contributed by atoms with Gasteiger partial charge >= 0.3 is 0 Å². The molecular weight excluding hydrogens is 316 g/mol. The minimum atomic E-state index is -3.46. The lowest BCUT2D eigenvalue weighted by Gasteiger charge is -2.38. The molecule has 2 aliphatic heterocycles. The van der Waals surface area contributed by atoms with Gasteiger partial charge in [-0.15, -0.1) is 0 Å². The zero-order chi connectivity index (χ0) is 16.6. The lowest BCUT2D eigenvalue weighted by atomic mass is 9.99. The average Bonchev–Trinajstić information content (AvgIpc) is 2.53. The third-order valence-corrected chi connectivity index (χ3v) is 5.65. The lowest BCUT2D eigenvalue weighted by molar-refractivity contribution is -0.139. The van der Waals surface area contributed by atoms with Gasteiger partial charge in [0.25, 0.3) is 5.91 Å². The molecule has 3 rings (SSSR count). The Hall–Kier alpha value is -1.76. The Morgan fingerprint density at radius 1 is 1.22 bits per heavy atom. The molecule has 1 atom stereocenters. The van der Waals surface area contributed by atoms with Crippen molar-refractivity contribution in [3.05, 3.63) is 24.3 Å². The van der Waals surface area contributed by atoms with Crippen molar-refractivity contribution in [1.29, 1.82) is 0 Å². The Bertz CT molecular complexity index is 696. The van der Waals surface area contributed by atoms with Crippen molar-refractivity contribution in [2.24, 2.45) is 5.92 Å². The predicted octanol–water partition coefficient (Wildman–Crippen LogP) is 1.47. The zero-order valence-corrected chi connectivity index (χ0v) is 14.3. The number of benzene rings is 1. The first-order valence-corrected chi connectivity index (χ1v) is 9.73. The molecule has 7 heteroatoms. The van der Waals surface area contributed by atoms with Crippen molar-refractivity contribution in [1.82, 2.24) is 4.90 Å². The largest absolute Gasteiger partial charge is 0.476 e. The second kappa shape index (κ2) is 6.03. The van der Waals surface area contributed by atoms with Crippen LogP contribution >= 0.6 is 0 Å². The van der Waals surface area contributed by atoms with E-state index in [4.69, 9.17) is 4.74 Å². The second-order valence-electron chi connectivity index (χ2n) is 6.38. The number of ether oxygens (including phenoxy) is 1. The van der Waals surface area contributed by atoms with Gasteiger partial charge < -0.3 is 9.64 Å². The van der Waals surface area contributed by atoms with Crippen molar-refractivity contribution >= 4 is 21.6 Å². The molecule has 0 radical (unpaired) electrons. The number of carbonyl (C=O) groups excluding carboxylic acids is 1. The summed E-state index contributed by atoms with van der Waals surface area (Å²) < 4.78 is 31.2. The number of amides is 1. The highest BCUT2D eigenvalue weighted by Gasteiger charge is 2.37. The monoisotopic (exact) mass is 338 g/mol. The molecule has 0 saturated carbocycles. The zero-order valence-electron chi connectivity index (χ0n) is 13.4. The summed E-state index contributed by atoms with van der Waals surface area (Å²) in [4.78, 5) is 14.5. The first kappa shape index (κ1) is 16.1. The summed E-state index contributed by atoms with van der Waals surface area (Å²) in [5.74, 6) is 0.938. The highest BCUT2D eigenvalue weighted by atomic mass is 32.2. The van der Waals surface area contributed by atoms with E-state index in [1.807, 2.05) is 0 Å². The molecule has 0 N–H and O–H groups in total. The van der Waals surface area contributed by atoms with Gasteiger partial charge in [0.1, 0.15) is 5.75 Å². The maximum absolute atomic E-state index is 12.7. The molecular formula is C16H22N2O4S. The van der Waals surface area contributed by atoms with Gasteiger partial charge in [-0.3, -0.25) is 9.10 Å². The molecule has 1 saturated heterocycles. The summed E-state index contributed by atoms with van der Waals surface area (Å²) >= 11 is 0. The lowest BCUT2D eigenvalue weighted by Crippen LogP contribution is -2.53.